The molecule has 0 aliphatic carbocycles. The SMILES string of the molecule is CC[N+](C)(CC)CC.O=P([O-])(OC(C(F)(F)F)C(F)(F)F)OC(C(F)(F)F)C(F)(F)F. The lowest BCUT2D eigenvalue weighted by Gasteiger charge is -2.33. The van der Waals surface area contributed by atoms with Gasteiger partial charge in [-0.1, -0.05) is 0 Å². The summed E-state index contributed by atoms with van der Waals surface area (Å²) in [6.07, 6.45) is -36.4. The molecule has 0 aromatic heterocycles. The quantitative estimate of drug-likeness (QED) is 0.274. The second kappa shape index (κ2) is 10.9. The zero-order chi connectivity index (χ0) is 25.7. The van der Waals surface area contributed by atoms with Crippen LogP contribution in [0.3, 0.4) is 0 Å². The van der Waals surface area contributed by atoms with Gasteiger partial charge < -0.3 is 9.38 Å². The van der Waals surface area contributed by atoms with Crippen molar-refractivity contribution in [3.05, 3.63) is 0 Å². The molecule has 0 unspecified atom stereocenters. The first-order valence-electron chi connectivity index (χ1n) is 8.14. The number of phosphoric acid groups is 1. The second-order valence-electron chi connectivity index (χ2n) is 6.15. The summed E-state index contributed by atoms with van der Waals surface area (Å²) >= 11 is 0. The van der Waals surface area contributed by atoms with Gasteiger partial charge in [-0.2, -0.15) is 52.7 Å². The lowest BCUT2D eigenvalue weighted by Crippen LogP contribution is -2.47. The van der Waals surface area contributed by atoms with E-state index in [-0.39, 0.29) is 0 Å². The lowest BCUT2D eigenvalue weighted by molar-refractivity contribution is -0.904. The van der Waals surface area contributed by atoms with Crippen molar-refractivity contribution in [3.63, 3.8) is 0 Å². The van der Waals surface area contributed by atoms with Gasteiger partial charge in [0.2, 0.25) is 0 Å². The summed E-state index contributed by atoms with van der Waals surface area (Å²) in [6, 6.07) is 0. The molecule has 0 rings (SSSR count). The number of hydrogen-bond donors (Lipinski definition) is 0. The van der Waals surface area contributed by atoms with E-state index < -0.39 is 44.7 Å². The largest absolute Gasteiger partial charge is 0.756 e. The summed E-state index contributed by atoms with van der Waals surface area (Å²) < 4.78 is 160. The minimum atomic E-state index is -7.32. The van der Waals surface area contributed by atoms with E-state index in [0.29, 0.717) is 0 Å². The maximum absolute atomic E-state index is 11.9. The summed E-state index contributed by atoms with van der Waals surface area (Å²) in [5.41, 5.74) is 0. The zero-order valence-corrected chi connectivity index (χ0v) is 17.2. The van der Waals surface area contributed by atoms with Gasteiger partial charge in [-0.25, -0.2) is 0 Å². The Bertz CT molecular complexity index is 509. The molecule has 0 saturated carbocycles. The monoisotopic (exact) mass is 513 g/mol. The van der Waals surface area contributed by atoms with Crippen molar-refractivity contribution < 1.29 is 75.7 Å². The van der Waals surface area contributed by atoms with Gasteiger partial charge >= 0.3 is 24.7 Å². The molecule has 0 aliphatic heterocycles. The maximum atomic E-state index is 11.9. The van der Waals surface area contributed by atoms with Crippen LogP contribution in [0.25, 0.3) is 0 Å². The summed E-state index contributed by atoms with van der Waals surface area (Å²) in [4.78, 5) is 10.6. The van der Waals surface area contributed by atoms with E-state index in [9.17, 15) is 62.1 Å². The van der Waals surface area contributed by atoms with Gasteiger partial charge in [0.25, 0.3) is 20.0 Å². The molecule has 0 radical (unpaired) electrons. The number of phosphoric ester groups is 1. The molecule has 0 fully saturated rings. The van der Waals surface area contributed by atoms with Crippen molar-refractivity contribution in [3.8, 4) is 0 Å². The smallest absolute Gasteiger partial charge is 0.424 e. The highest BCUT2D eigenvalue weighted by atomic mass is 31.2. The Kier molecular flexibility index (Phi) is 11.4. The molecule has 0 aromatic rings. The van der Waals surface area contributed by atoms with E-state index in [4.69, 9.17) is 0 Å². The van der Waals surface area contributed by atoms with Gasteiger partial charge in [0.15, 0.2) is 0 Å². The molecule has 0 atom stereocenters. The molecule has 0 spiro atoms. The van der Waals surface area contributed by atoms with E-state index in [1.165, 1.54) is 24.1 Å². The predicted octanol–water partition coefficient (Wildman–Crippen LogP) is 4.97. The number of rotatable bonds is 7. The number of hydrogen-bond acceptors (Lipinski definition) is 4. The number of nitrogens with zero attached hydrogens (tertiary/aromatic N) is 1. The van der Waals surface area contributed by atoms with Crippen molar-refractivity contribution in [1.29, 1.82) is 0 Å². The van der Waals surface area contributed by atoms with E-state index in [0.717, 1.165) is 0 Å². The van der Waals surface area contributed by atoms with Crippen LogP contribution in [0.5, 0.6) is 0 Å². The number of alkyl halides is 12. The third-order valence-electron chi connectivity index (χ3n) is 3.95. The van der Waals surface area contributed by atoms with Crippen molar-refractivity contribution in [2.75, 3.05) is 26.7 Å². The third-order valence-corrected chi connectivity index (χ3v) is 4.89. The predicted molar refractivity (Wildman–Crippen MR) is 79.4 cm³/mol. The fourth-order valence-electron chi connectivity index (χ4n) is 1.56. The minimum Gasteiger partial charge on any atom is -0.756 e. The van der Waals surface area contributed by atoms with Gasteiger partial charge in [0.1, 0.15) is 0 Å². The Morgan fingerprint density at radius 1 is 0.677 bits per heavy atom. The Labute approximate surface area is 169 Å². The maximum Gasteiger partial charge on any atom is 0.424 e. The lowest BCUT2D eigenvalue weighted by atomic mass is 10.3. The standard InChI is InChI=1S/C7H18N.C6H3F12O4P/c1-5-8(4,6-2)7-3;7-3(8,9)1(4(10,11)12)21-23(19,20)22-2(5(13,14)15)6(16,17)18/h5-7H2,1-4H3;1-2H,(H,19,20)/q+1;/p-1. The van der Waals surface area contributed by atoms with Crippen LogP contribution in [0.1, 0.15) is 20.8 Å². The van der Waals surface area contributed by atoms with Crippen molar-refractivity contribution in [2.45, 2.75) is 57.7 Å². The van der Waals surface area contributed by atoms with E-state index in [1.54, 1.807) is 0 Å². The highest BCUT2D eigenvalue weighted by Gasteiger charge is 2.62. The van der Waals surface area contributed by atoms with E-state index >= 15 is 0 Å². The van der Waals surface area contributed by atoms with Crippen LogP contribution in [0.15, 0.2) is 0 Å². The summed E-state index contributed by atoms with van der Waals surface area (Å²) in [5.74, 6) is 0. The van der Waals surface area contributed by atoms with Crippen LogP contribution in [-0.4, -0.2) is 68.1 Å². The van der Waals surface area contributed by atoms with Gasteiger partial charge in [-0.05, 0) is 20.8 Å². The van der Waals surface area contributed by atoms with Gasteiger partial charge in [0, 0.05) is 0 Å². The van der Waals surface area contributed by atoms with Gasteiger partial charge in [-0.15, -0.1) is 0 Å². The van der Waals surface area contributed by atoms with Crippen LogP contribution in [0.2, 0.25) is 0 Å². The summed E-state index contributed by atoms with van der Waals surface area (Å²) in [7, 11) is -5.03. The van der Waals surface area contributed by atoms with Crippen molar-refractivity contribution >= 4 is 7.82 Å². The van der Waals surface area contributed by atoms with Crippen LogP contribution in [0.4, 0.5) is 52.7 Å². The fourth-order valence-corrected chi connectivity index (χ4v) is 2.61. The molecule has 31 heavy (non-hydrogen) atoms. The molecule has 0 saturated heterocycles. The topological polar surface area (TPSA) is 58.6 Å². The highest BCUT2D eigenvalue weighted by molar-refractivity contribution is 7.45. The Hall–Kier alpha value is -0.770. The molecule has 0 bridgehead atoms. The second-order valence-corrected chi connectivity index (χ2v) is 7.47. The summed E-state index contributed by atoms with van der Waals surface area (Å²) in [5, 5.41) is 0. The highest BCUT2D eigenvalue weighted by Crippen LogP contribution is 2.52. The molecule has 190 valence electrons. The molecule has 0 heterocycles. The van der Waals surface area contributed by atoms with Gasteiger partial charge in [0.05, 0.1) is 26.7 Å². The van der Waals surface area contributed by atoms with Gasteiger partial charge in [-0.3, -0.25) is 13.6 Å². The van der Waals surface area contributed by atoms with Crippen molar-refractivity contribution in [1.82, 2.24) is 0 Å². The van der Waals surface area contributed by atoms with E-state index in [1.807, 2.05) is 0 Å². The first kappa shape index (κ1) is 32.4. The molecular formula is C13H20F12NO4P. The molecule has 18 heteroatoms. The third kappa shape index (κ3) is 12.2. The molecule has 5 nitrogen and oxygen atoms in total. The molecule has 0 amide bonds. The zero-order valence-electron chi connectivity index (χ0n) is 16.3. The van der Waals surface area contributed by atoms with Crippen LogP contribution in [0, 0.1) is 0 Å². The Morgan fingerprint density at radius 2 is 0.871 bits per heavy atom. The molecular weight excluding hydrogens is 493 g/mol. The molecule has 0 N–H and O–H groups in total. The fraction of sp³-hybridized carbons (Fsp3) is 1.00. The first-order valence-corrected chi connectivity index (χ1v) is 9.60. The normalized spacial score (nSPS) is 14.7. The first-order chi connectivity index (χ1) is 13.4. The minimum absolute atomic E-state index is 1.21. The average molecular weight is 513 g/mol. The Morgan fingerprint density at radius 3 is 0.968 bits per heavy atom. The number of quaternary nitrogens is 1. The number of halogens is 12. The van der Waals surface area contributed by atoms with Crippen LogP contribution < -0.4 is 4.89 Å². The molecule has 0 aromatic carbocycles. The summed E-state index contributed by atoms with van der Waals surface area (Å²) in [6.45, 7) is 10.5. The van der Waals surface area contributed by atoms with E-state index in [2.05, 4.69) is 36.9 Å². The molecule has 0 aliphatic rings. The average Bonchev–Trinajstić information content (AvgIpc) is 2.54. The Balaban J connectivity index is 0. The van der Waals surface area contributed by atoms with Crippen LogP contribution >= 0.6 is 7.82 Å². The van der Waals surface area contributed by atoms with Crippen LogP contribution in [-0.2, 0) is 13.6 Å². The van der Waals surface area contributed by atoms with Crippen molar-refractivity contribution in [2.24, 2.45) is 0 Å².